The van der Waals surface area contributed by atoms with E-state index in [1.807, 2.05) is 18.7 Å². The van der Waals surface area contributed by atoms with Gasteiger partial charge in [-0.15, -0.1) is 0 Å². The minimum absolute atomic E-state index is 0.0899. The Balaban J connectivity index is 2.25. The fourth-order valence-electron chi connectivity index (χ4n) is 1.46. The lowest BCUT2D eigenvalue weighted by atomic mass is 9.86. The molecule has 0 spiro atoms. The van der Waals surface area contributed by atoms with Gasteiger partial charge in [0, 0.05) is 23.6 Å². The van der Waals surface area contributed by atoms with Crippen LogP contribution in [-0.2, 0) is 0 Å². The van der Waals surface area contributed by atoms with Gasteiger partial charge < -0.3 is 11.5 Å². The van der Waals surface area contributed by atoms with Crippen LogP contribution in [0.15, 0.2) is 24.3 Å². The number of thioether (sulfide) groups is 1. The molecule has 0 saturated heterocycles. The molecule has 1 aliphatic rings. The van der Waals surface area contributed by atoms with E-state index in [0.717, 1.165) is 17.9 Å². The predicted molar refractivity (Wildman–Crippen MR) is 70.0 cm³/mol. The van der Waals surface area contributed by atoms with E-state index in [9.17, 15) is 0 Å². The number of hydrogen-bond donors (Lipinski definition) is 2. The zero-order valence-electron chi connectivity index (χ0n) is 9.65. The van der Waals surface area contributed by atoms with Gasteiger partial charge in [0.1, 0.15) is 0 Å². The molecule has 0 aromatic rings. The van der Waals surface area contributed by atoms with E-state index < -0.39 is 0 Å². The fraction of sp³-hybridized carbons (Fsp3) is 0.667. The van der Waals surface area contributed by atoms with E-state index in [1.165, 1.54) is 0 Å². The van der Waals surface area contributed by atoms with Crippen molar-refractivity contribution < 1.29 is 0 Å². The van der Waals surface area contributed by atoms with Gasteiger partial charge in [-0.05, 0) is 18.8 Å². The summed E-state index contributed by atoms with van der Waals surface area (Å²) in [7, 11) is 0. The Hall–Kier alpha value is -0.250. The fourth-order valence-corrected chi connectivity index (χ4v) is 2.83. The SMILES string of the molecule is C[C@@H](N)[C@@H](N)CSC[C@]1(C)C=CC=CC1. The molecule has 0 radical (unpaired) electrons. The van der Waals surface area contributed by atoms with Crippen molar-refractivity contribution in [3.63, 3.8) is 0 Å². The molecule has 4 N–H and O–H groups in total. The van der Waals surface area contributed by atoms with E-state index in [0.29, 0.717) is 5.41 Å². The zero-order chi connectivity index (χ0) is 11.3. The number of rotatable bonds is 5. The van der Waals surface area contributed by atoms with Crippen molar-refractivity contribution in [3.05, 3.63) is 24.3 Å². The molecule has 1 aliphatic carbocycles. The second kappa shape index (κ2) is 5.73. The highest BCUT2D eigenvalue weighted by molar-refractivity contribution is 7.99. The third kappa shape index (κ3) is 4.41. The molecule has 15 heavy (non-hydrogen) atoms. The maximum Gasteiger partial charge on any atom is 0.0281 e. The summed E-state index contributed by atoms with van der Waals surface area (Å²) in [5.41, 5.74) is 11.9. The number of hydrogen-bond acceptors (Lipinski definition) is 3. The van der Waals surface area contributed by atoms with Gasteiger partial charge in [0.25, 0.3) is 0 Å². The molecule has 0 aliphatic heterocycles. The zero-order valence-corrected chi connectivity index (χ0v) is 10.5. The molecular formula is C12H22N2S. The van der Waals surface area contributed by atoms with E-state index in [4.69, 9.17) is 11.5 Å². The summed E-state index contributed by atoms with van der Waals surface area (Å²) < 4.78 is 0. The average Bonchev–Trinajstić information content (AvgIpc) is 2.18. The molecule has 3 atom stereocenters. The summed E-state index contributed by atoms with van der Waals surface area (Å²) in [5, 5.41) is 0. The van der Waals surface area contributed by atoms with Crippen LogP contribution in [0.25, 0.3) is 0 Å². The standard InChI is InChI=1S/C12H22N2S/c1-10(13)11(14)8-15-9-12(2)6-4-3-5-7-12/h3-6,10-11H,7-9,13-14H2,1-2H3/t10-,11+,12-/m1/s1. The van der Waals surface area contributed by atoms with Crippen molar-refractivity contribution in [2.75, 3.05) is 11.5 Å². The van der Waals surface area contributed by atoms with Crippen molar-refractivity contribution in [2.24, 2.45) is 16.9 Å². The van der Waals surface area contributed by atoms with Crippen molar-refractivity contribution in [3.8, 4) is 0 Å². The Morgan fingerprint density at radius 3 is 2.67 bits per heavy atom. The molecule has 0 unspecified atom stereocenters. The maximum absolute atomic E-state index is 5.90. The Morgan fingerprint density at radius 2 is 2.13 bits per heavy atom. The molecular weight excluding hydrogens is 204 g/mol. The maximum atomic E-state index is 5.90. The second-order valence-corrected chi connectivity index (χ2v) is 5.71. The summed E-state index contributed by atoms with van der Waals surface area (Å²) in [4.78, 5) is 0. The highest BCUT2D eigenvalue weighted by atomic mass is 32.2. The first-order valence-corrected chi connectivity index (χ1v) is 6.62. The molecule has 1 rings (SSSR count). The lowest BCUT2D eigenvalue weighted by molar-refractivity contribution is 0.494. The normalized spacial score (nSPS) is 29.1. The average molecular weight is 226 g/mol. The molecule has 0 fully saturated rings. The van der Waals surface area contributed by atoms with Crippen LogP contribution in [0.2, 0.25) is 0 Å². The molecule has 0 aromatic carbocycles. The van der Waals surface area contributed by atoms with Crippen LogP contribution < -0.4 is 11.5 Å². The summed E-state index contributed by atoms with van der Waals surface area (Å²) >= 11 is 1.90. The Kier molecular flexibility index (Phi) is 4.90. The minimum Gasteiger partial charge on any atom is -0.327 e. The summed E-state index contributed by atoms with van der Waals surface area (Å²) in [6.07, 6.45) is 9.89. The molecule has 0 saturated carbocycles. The summed E-state index contributed by atoms with van der Waals surface area (Å²) in [6, 6.07) is 0.203. The Morgan fingerprint density at radius 1 is 1.40 bits per heavy atom. The first kappa shape index (κ1) is 12.8. The van der Waals surface area contributed by atoms with Gasteiger partial charge in [0.2, 0.25) is 0 Å². The Labute approximate surface area is 97.2 Å². The predicted octanol–water partition coefficient (Wildman–Crippen LogP) is 1.92. The smallest absolute Gasteiger partial charge is 0.0281 e. The van der Waals surface area contributed by atoms with Crippen LogP contribution in [0, 0.1) is 5.41 Å². The monoisotopic (exact) mass is 226 g/mol. The van der Waals surface area contributed by atoms with Crippen molar-refractivity contribution in [2.45, 2.75) is 32.4 Å². The van der Waals surface area contributed by atoms with Crippen molar-refractivity contribution >= 4 is 11.8 Å². The summed E-state index contributed by atoms with van der Waals surface area (Å²) in [5.74, 6) is 2.07. The van der Waals surface area contributed by atoms with Crippen LogP contribution in [0.3, 0.4) is 0 Å². The van der Waals surface area contributed by atoms with Gasteiger partial charge in [-0.25, -0.2) is 0 Å². The first-order chi connectivity index (χ1) is 7.03. The number of allylic oxidation sites excluding steroid dienone is 4. The molecule has 0 bridgehead atoms. The third-order valence-electron chi connectivity index (χ3n) is 2.75. The molecule has 0 aromatic heterocycles. The lowest BCUT2D eigenvalue weighted by Gasteiger charge is -2.27. The quantitative estimate of drug-likeness (QED) is 0.753. The second-order valence-electron chi connectivity index (χ2n) is 4.68. The number of nitrogens with two attached hydrogens (primary N) is 2. The topological polar surface area (TPSA) is 52.0 Å². The van der Waals surface area contributed by atoms with Gasteiger partial charge in [-0.1, -0.05) is 31.2 Å². The van der Waals surface area contributed by atoms with Crippen LogP contribution >= 0.6 is 11.8 Å². The molecule has 3 heteroatoms. The first-order valence-electron chi connectivity index (χ1n) is 5.47. The van der Waals surface area contributed by atoms with Crippen molar-refractivity contribution in [1.29, 1.82) is 0 Å². The van der Waals surface area contributed by atoms with Gasteiger partial charge in [-0.2, -0.15) is 11.8 Å². The van der Waals surface area contributed by atoms with Gasteiger partial charge in [0.05, 0.1) is 0 Å². The highest BCUT2D eigenvalue weighted by Crippen LogP contribution is 2.31. The molecule has 2 nitrogen and oxygen atoms in total. The van der Waals surface area contributed by atoms with Crippen LogP contribution in [0.4, 0.5) is 0 Å². The van der Waals surface area contributed by atoms with Crippen LogP contribution in [-0.4, -0.2) is 23.6 Å². The van der Waals surface area contributed by atoms with E-state index >= 15 is 0 Å². The molecule has 0 amide bonds. The molecule has 0 heterocycles. The third-order valence-corrected chi connectivity index (χ3v) is 4.23. The summed E-state index contributed by atoms with van der Waals surface area (Å²) in [6.45, 7) is 4.26. The van der Waals surface area contributed by atoms with Crippen LogP contribution in [0.1, 0.15) is 20.3 Å². The van der Waals surface area contributed by atoms with Crippen LogP contribution in [0.5, 0.6) is 0 Å². The van der Waals surface area contributed by atoms with E-state index in [1.54, 1.807) is 0 Å². The van der Waals surface area contributed by atoms with E-state index in [2.05, 4.69) is 31.2 Å². The van der Waals surface area contributed by atoms with E-state index in [-0.39, 0.29) is 12.1 Å². The molecule has 86 valence electrons. The Bertz CT molecular complexity index is 248. The van der Waals surface area contributed by atoms with Gasteiger partial charge in [-0.3, -0.25) is 0 Å². The minimum atomic E-state index is 0.0899. The lowest BCUT2D eigenvalue weighted by Crippen LogP contribution is -2.41. The largest absolute Gasteiger partial charge is 0.327 e. The van der Waals surface area contributed by atoms with Gasteiger partial charge >= 0.3 is 0 Å². The highest BCUT2D eigenvalue weighted by Gasteiger charge is 2.21. The van der Waals surface area contributed by atoms with Crippen molar-refractivity contribution in [1.82, 2.24) is 0 Å². The van der Waals surface area contributed by atoms with Gasteiger partial charge in [0.15, 0.2) is 0 Å².